The number of aliphatic hydroxyl groups is 1. The topological polar surface area (TPSA) is 58.6 Å². The predicted octanol–water partition coefficient (Wildman–Crippen LogP) is 3.03. The number of carbonyl (C=O) groups excluding carboxylic acids is 1. The van der Waals surface area contributed by atoms with Gasteiger partial charge >= 0.3 is 6.09 Å². The first-order valence-corrected chi connectivity index (χ1v) is 6.99. The van der Waals surface area contributed by atoms with E-state index in [0.717, 1.165) is 5.56 Å². The molecule has 0 spiro atoms. The van der Waals surface area contributed by atoms with E-state index in [9.17, 15) is 9.90 Å². The lowest BCUT2D eigenvalue weighted by molar-refractivity contribution is 0.0415. The van der Waals surface area contributed by atoms with Crippen LogP contribution in [-0.4, -0.2) is 22.8 Å². The maximum absolute atomic E-state index is 11.9. The molecule has 21 heavy (non-hydrogen) atoms. The van der Waals surface area contributed by atoms with Crippen molar-refractivity contribution in [2.75, 3.05) is 0 Å². The molecule has 1 aromatic carbocycles. The molecule has 4 heteroatoms. The van der Waals surface area contributed by atoms with Crippen molar-refractivity contribution in [2.24, 2.45) is 0 Å². The van der Waals surface area contributed by atoms with Crippen LogP contribution < -0.4 is 5.32 Å². The number of nitrogens with one attached hydrogen (secondary N) is 1. The molecule has 0 aliphatic carbocycles. The largest absolute Gasteiger partial charge is 0.444 e. The molecule has 1 aromatic rings. The van der Waals surface area contributed by atoms with Crippen molar-refractivity contribution in [1.82, 2.24) is 5.32 Å². The second kappa shape index (κ2) is 7.70. The highest BCUT2D eigenvalue weighted by Crippen LogP contribution is 2.20. The monoisotopic (exact) mass is 289 g/mol. The predicted molar refractivity (Wildman–Crippen MR) is 82.6 cm³/mol. The number of carbonyl (C=O) groups is 1. The lowest BCUT2D eigenvalue weighted by Gasteiger charge is -2.26. The van der Waals surface area contributed by atoms with Crippen molar-refractivity contribution in [3.8, 4) is 12.3 Å². The normalized spacial score (nSPS) is 13.9. The van der Waals surface area contributed by atoms with Gasteiger partial charge in [0.15, 0.2) is 0 Å². The van der Waals surface area contributed by atoms with Crippen LogP contribution in [-0.2, 0) is 4.74 Å². The first kappa shape index (κ1) is 17.1. The molecule has 114 valence electrons. The third kappa shape index (κ3) is 6.33. The zero-order chi connectivity index (χ0) is 15.9. The quantitative estimate of drug-likeness (QED) is 0.819. The molecule has 0 aliphatic heterocycles. The summed E-state index contributed by atoms with van der Waals surface area (Å²) in [6.45, 7) is 5.37. The summed E-state index contributed by atoms with van der Waals surface area (Å²) in [7, 11) is 0. The first-order chi connectivity index (χ1) is 9.83. The fourth-order valence-corrected chi connectivity index (χ4v) is 1.89. The highest BCUT2D eigenvalue weighted by atomic mass is 16.6. The van der Waals surface area contributed by atoms with Crippen molar-refractivity contribution in [3.63, 3.8) is 0 Å². The van der Waals surface area contributed by atoms with Crippen LogP contribution in [0, 0.1) is 12.3 Å². The molecule has 0 saturated heterocycles. The summed E-state index contributed by atoms with van der Waals surface area (Å²) in [5.74, 6) is 2.52. The average Bonchev–Trinajstić information content (AvgIpc) is 2.41. The highest BCUT2D eigenvalue weighted by molar-refractivity contribution is 5.68. The summed E-state index contributed by atoms with van der Waals surface area (Å²) in [5.41, 5.74) is 0.147. The molecule has 1 amide bonds. The number of hydrogen-bond acceptors (Lipinski definition) is 3. The molecular weight excluding hydrogens is 266 g/mol. The third-order valence-electron chi connectivity index (χ3n) is 2.82. The lowest BCUT2D eigenvalue weighted by atomic mass is 9.98. The van der Waals surface area contributed by atoms with E-state index in [2.05, 4.69) is 11.2 Å². The van der Waals surface area contributed by atoms with Crippen molar-refractivity contribution in [2.45, 2.75) is 51.4 Å². The van der Waals surface area contributed by atoms with Gasteiger partial charge in [0, 0.05) is 6.42 Å². The number of alkyl carbamates (subject to hydrolysis) is 1. The van der Waals surface area contributed by atoms with Crippen molar-refractivity contribution >= 4 is 6.09 Å². The molecule has 0 heterocycles. The minimum Gasteiger partial charge on any atom is -0.444 e. The van der Waals surface area contributed by atoms with E-state index in [4.69, 9.17) is 11.2 Å². The molecule has 0 fully saturated rings. The Bertz CT molecular complexity index is 485. The number of amides is 1. The zero-order valence-corrected chi connectivity index (χ0v) is 12.8. The van der Waals surface area contributed by atoms with Crippen LogP contribution in [0.1, 0.15) is 45.3 Å². The molecule has 0 bridgehead atoms. The van der Waals surface area contributed by atoms with Gasteiger partial charge in [-0.15, -0.1) is 12.3 Å². The maximum atomic E-state index is 11.9. The summed E-state index contributed by atoms with van der Waals surface area (Å²) >= 11 is 0. The Balaban J connectivity index is 2.76. The Morgan fingerprint density at radius 3 is 2.52 bits per heavy atom. The third-order valence-corrected chi connectivity index (χ3v) is 2.82. The van der Waals surface area contributed by atoms with E-state index < -0.39 is 23.8 Å². The summed E-state index contributed by atoms with van der Waals surface area (Å²) < 4.78 is 5.22. The van der Waals surface area contributed by atoms with Gasteiger partial charge in [-0.25, -0.2) is 4.79 Å². The minimum atomic E-state index is -0.827. The first-order valence-electron chi connectivity index (χ1n) is 6.99. The maximum Gasteiger partial charge on any atom is 0.407 e. The Kier molecular flexibility index (Phi) is 6.26. The van der Waals surface area contributed by atoms with Gasteiger partial charge in [0.05, 0.1) is 12.1 Å². The Labute approximate surface area is 126 Å². The molecule has 0 radical (unpaired) electrons. The van der Waals surface area contributed by atoms with Gasteiger partial charge in [0.25, 0.3) is 0 Å². The van der Waals surface area contributed by atoms with Crippen LogP contribution in [0.15, 0.2) is 30.3 Å². The molecule has 0 aliphatic rings. The number of benzene rings is 1. The van der Waals surface area contributed by atoms with Gasteiger partial charge in [-0.2, -0.15) is 0 Å². The van der Waals surface area contributed by atoms with Crippen LogP contribution in [0.4, 0.5) is 4.79 Å². The standard InChI is InChI=1S/C17H23NO3/c1-5-6-12-14(18-16(20)21-17(2,3)4)15(19)13-10-8-7-9-11-13/h1,7-11,14-15,19H,6,12H2,2-4H3,(H,18,20)/t14-,15-/m0/s1. The second-order valence-corrected chi connectivity index (χ2v) is 5.85. The molecule has 2 atom stereocenters. The molecule has 0 unspecified atom stereocenters. The fraction of sp³-hybridized carbons (Fsp3) is 0.471. The summed E-state index contributed by atoms with van der Waals surface area (Å²) in [6, 6.07) is 8.68. The lowest BCUT2D eigenvalue weighted by Crippen LogP contribution is -2.42. The van der Waals surface area contributed by atoms with Gasteiger partial charge in [-0.05, 0) is 32.8 Å². The van der Waals surface area contributed by atoms with Crippen molar-refractivity contribution in [1.29, 1.82) is 0 Å². The zero-order valence-electron chi connectivity index (χ0n) is 12.8. The molecule has 2 N–H and O–H groups in total. The number of aliphatic hydroxyl groups excluding tert-OH is 1. The number of hydrogen-bond donors (Lipinski definition) is 2. The van der Waals surface area contributed by atoms with Gasteiger partial charge in [0.2, 0.25) is 0 Å². The van der Waals surface area contributed by atoms with E-state index in [0.29, 0.717) is 12.8 Å². The SMILES string of the molecule is C#CCC[C@H](NC(=O)OC(C)(C)C)[C@@H](O)c1ccccc1. The molecule has 4 nitrogen and oxygen atoms in total. The van der Waals surface area contributed by atoms with Crippen LogP contribution in [0.2, 0.25) is 0 Å². The van der Waals surface area contributed by atoms with Crippen LogP contribution in [0.3, 0.4) is 0 Å². The Morgan fingerprint density at radius 1 is 1.38 bits per heavy atom. The Morgan fingerprint density at radius 2 is 2.00 bits per heavy atom. The smallest absolute Gasteiger partial charge is 0.407 e. The number of rotatable bonds is 5. The van der Waals surface area contributed by atoms with Crippen LogP contribution in [0.5, 0.6) is 0 Å². The van der Waals surface area contributed by atoms with E-state index in [1.807, 2.05) is 30.3 Å². The number of ether oxygens (including phenoxy) is 1. The molecule has 0 saturated carbocycles. The minimum absolute atomic E-state index is 0.463. The summed E-state index contributed by atoms with van der Waals surface area (Å²) in [6.07, 6.45) is 4.83. The fourth-order valence-electron chi connectivity index (χ4n) is 1.89. The van der Waals surface area contributed by atoms with E-state index in [1.165, 1.54) is 0 Å². The Hall–Kier alpha value is -1.99. The van der Waals surface area contributed by atoms with Crippen molar-refractivity contribution < 1.29 is 14.6 Å². The highest BCUT2D eigenvalue weighted by Gasteiger charge is 2.25. The molecule has 1 rings (SSSR count). The van der Waals surface area contributed by atoms with Gasteiger partial charge in [0.1, 0.15) is 5.60 Å². The molecule has 0 aromatic heterocycles. The van der Waals surface area contributed by atoms with Gasteiger partial charge in [-0.3, -0.25) is 0 Å². The number of terminal acetylenes is 1. The average molecular weight is 289 g/mol. The van der Waals surface area contributed by atoms with Gasteiger partial charge in [-0.1, -0.05) is 30.3 Å². The van der Waals surface area contributed by atoms with Crippen molar-refractivity contribution in [3.05, 3.63) is 35.9 Å². The second-order valence-electron chi connectivity index (χ2n) is 5.85. The molecular formula is C17H23NO3. The van der Waals surface area contributed by atoms with Crippen LogP contribution >= 0.6 is 0 Å². The van der Waals surface area contributed by atoms with Gasteiger partial charge < -0.3 is 15.2 Å². The summed E-state index contributed by atoms with van der Waals surface area (Å²) in [4.78, 5) is 11.9. The van der Waals surface area contributed by atoms with E-state index in [-0.39, 0.29) is 0 Å². The summed E-state index contributed by atoms with van der Waals surface area (Å²) in [5, 5.41) is 13.1. The van der Waals surface area contributed by atoms with Crippen LogP contribution in [0.25, 0.3) is 0 Å². The van der Waals surface area contributed by atoms with E-state index in [1.54, 1.807) is 20.8 Å². The van der Waals surface area contributed by atoms with E-state index >= 15 is 0 Å².